The van der Waals surface area contributed by atoms with Crippen molar-refractivity contribution in [3.05, 3.63) is 42.0 Å². The molecule has 0 aliphatic carbocycles. The molecule has 158 valence electrons. The smallest absolute Gasteiger partial charge is 0.340 e. The largest absolute Gasteiger partial charge is 0.493 e. The molecule has 0 saturated heterocycles. The van der Waals surface area contributed by atoms with Gasteiger partial charge in [0, 0.05) is 36.2 Å². The zero-order valence-electron chi connectivity index (χ0n) is 16.9. The Kier molecular flexibility index (Phi) is 6.83. The lowest BCUT2D eigenvalue weighted by molar-refractivity contribution is -0.121. The molecule has 1 N–H and O–H groups in total. The van der Waals surface area contributed by atoms with E-state index in [4.69, 9.17) is 14.2 Å². The number of rotatable bonds is 6. The van der Waals surface area contributed by atoms with Crippen molar-refractivity contribution in [2.24, 2.45) is 0 Å². The van der Waals surface area contributed by atoms with Crippen LogP contribution in [-0.4, -0.2) is 50.9 Å². The third kappa shape index (κ3) is 4.68. The molecule has 2 aromatic rings. The molecule has 2 amide bonds. The Balaban J connectivity index is 1.77. The van der Waals surface area contributed by atoms with Gasteiger partial charge in [-0.05, 0) is 12.1 Å². The van der Waals surface area contributed by atoms with E-state index >= 15 is 0 Å². The predicted molar refractivity (Wildman–Crippen MR) is 114 cm³/mol. The Morgan fingerprint density at radius 3 is 2.50 bits per heavy atom. The highest BCUT2D eigenvalue weighted by atomic mass is 32.2. The van der Waals surface area contributed by atoms with Gasteiger partial charge >= 0.3 is 5.97 Å². The summed E-state index contributed by atoms with van der Waals surface area (Å²) in [6, 6.07) is 10.5. The summed E-state index contributed by atoms with van der Waals surface area (Å²) < 4.78 is 15.7. The topological polar surface area (TPSA) is 94.2 Å². The average Bonchev–Trinajstić information content (AvgIpc) is 2.76. The second-order valence-corrected chi connectivity index (χ2v) is 7.51. The number of anilines is 2. The Morgan fingerprint density at radius 1 is 1.10 bits per heavy atom. The fourth-order valence-corrected chi connectivity index (χ4v) is 4.05. The first-order valence-electron chi connectivity index (χ1n) is 9.17. The van der Waals surface area contributed by atoms with Crippen molar-refractivity contribution in [1.82, 2.24) is 0 Å². The summed E-state index contributed by atoms with van der Waals surface area (Å²) in [5.74, 6) is -0.0395. The highest BCUT2D eigenvalue weighted by molar-refractivity contribution is 7.99. The summed E-state index contributed by atoms with van der Waals surface area (Å²) in [4.78, 5) is 39.6. The number of carbonyl (C=O) groups excluding carboxylic acids is 3. The lowest BCUT2D eigenvalue weighted by atomic mass is 10.1. The number of para-hydroxylation sites is 1. The molecule has 0 radical (unpaired) electrons. The molecule has 0 spiro atoms. The van der Waals surface area contributed by atoms with Crippen molar-refractivity contribution in [2.45, 2.75) is 11.8 Å². The van der Waals surface area contributed by atoms with Gasteiger partial charge in [-0.1, -0.05) is 12.1 Å². The minimum Gasteiger partial charge on any atom is -0.493 e. The van der Waals surface area contributed by atoms with E-state index in [1.165, 1.54) is 33.3 Å². The first-order chi connectivity index (χ1) is 14.4. The lowest BCUT2D eigenvalue weighted by Crippen LogP contribution is -2.38. The minimum atomic E-state index is -0.757. The van der Waals surface area contributed by atoms with E-state index in [0.29, 0.717) is 18.0 Å². The summed E-state index contributed by atoms with van der Waals surface area (Å²) in [7, 11) is 2.88. The number of esters is 1. The van der Waals surface area contributed by atoms with Gasteiger partial charge in [-0.3, -0.25) is 9.59 Å². The molecule has 0 unspecified atom stereocenters. The fraction of sp³-hybridized carbons (Fsp3) is 0.286. The number of methoxy groups -OCH3 is 2. The van der Waals surface area contributed by atoms with Crippen molar-refractivity contribution >= 4 is 40.9 Å². The van der Waals surface area contributed by atoms with Gasteiger partial charge in [-0.25, -0.2) is 4.79 Å². The van der Waals surface area contributed by atoms with Crippen LogP contribution in [0, 0.1) is 0 Å². The van der Waals surface area contributed by atoms with Crippen LogP contribution in [0.2, 0.25) is 0 Å². The van der Waals surface area contributed by atoms with E-state index < -0.39 is 12.6 Å². The summed E-state index contributed by atoms with van der Waals surface area (Å²) in [6.45, 7) is 1.43. The normalized spacial score (nSPS) is 12.6. The zero-order chi connectivity index (χ0) is 21.7. The van der Waals surface area contributed by atoms with Crippen LogP contribution in [0.5, 0.6) is 11.5 Å². The number of hydrogen-bond donors (Lipinski definition) is 1. The molecule has 0 atom stereocenters. The summed E-state index contributed by atoms with van der Waals surface area (Å²) >= 11 is 1.68. The molecule has 0 bridgehead atoms. The van der Waals surface area contributed by atoms with Crippen LogP contribution >= 0.6 is 11.8 Å². The van der Waals surface area contributed by atoms with E-state index in [9.17, 15) is 14.4 Å². The van der Waals surface area contributed by atoms with Gasteiger partial charge in [0.25, 0.3) is 5.91 Å². The molecule has 8 nitrogen and oxygen atoms in total. The van der Waals surface area contributed by atoms with Crippen molar-refractivity contribution in [2.75, 3.05) is 43.3 Å². The quantitative estimate of drug-likeness (QED) is 0.704. The predicted octanol–water partition coefficient (Wildman–Crippen LogP) is 2.96. The van der Waals surface area contributed by atoms with Gasteiger partial charge in [0.15, 0.2) is 18.1 Å². The molecule has 1 heterocycles. The number of carbonyl (C=O) groups is 3. The monoisotopic (exact) mass is 430 g/mol. The highest BCUT2D eigenvalue weighted by Gasteiger charge is 2.25. The maximum Gasteiger partial charge on any atom is 0.340 e. The first kappa shape index (κ1) is 21.5. The first-order valence-corrected chi connectivity index (χ1v) is 10.2. The third-order valence-electron chi connectivity index (χ3n) is 4.41. The standard InChI is InChI=1S/C21H22N2O6S/c1-13(24)22-15-11-18(28-3)17(27-2)10-14(15)21(26)29-12-20(25)23-8-9-30-19-7-5-4-6-16(19)23/h4-7,10-11H,8-9,12H2,1-3H3,(H,22,24). The van der Waals surface area contributed by atoms with E-state index in [1.807, 2.05) is 24.3 Å². The zero-order valence-corrected chi connectivity index (χ0v) is 17.7. The minimum absolute atomic E-state index is 0.0604. The second kappa shape index (κ2) is 9.53. The van der Waals surface area contributed by atoms with Crippen molar-refractivity contribution < 1.29 is 28.6 Å². The maximum atomic E-state index is 12.7. The summed E-state index contributed by atoms with van der Waals surface area (Å²) in [6.07, 6.45) is 0. The molecule has 3 rings (SSSR count). The molecular formula is C21H22N2O6S. The number of benzene rings is 2. The summed E-state index contributed by atoms with van der Waals surface area (Å²) in [5.41, 5.74) is 1.07. The van der Waals surface area contributed by atoms with Crippen LogP contribution in [0.3, 0.4) is 0 Å². The Morgan fingerprint density at radius 2 is 1.80 bits per heavy atom. The van der Waals surface area contributed by atoms with Crippen molar-refractivity contribution in [1.29, 1.82) is 0 Å². The van der Waals surface area contributed by atoms with Crippen LogP contribution in [0.15, 0.2) is 41.3 Å². The third-order valence-corrected chi connectivity index (χ3v) is 5.45. The molecule has 9 heteroatoms. The van der Waals surface area contributed by atoms with E-state index in [0.717, 1.165) is 16.3 Å². The fourth-order valence-electron chi connectivity index (χ4n) is 3.05. The SMILES string of the molecule is COc1cc(NC(C)=O)c(C(=O)OCC(=O)N2CCSc3ccccc32)cc1OC. The van der Waals surface area contributed by atoms with E-state index in [2.05, 4.69) is 5.32 Å². The van der Waals surface area contributed by atoms with Crippen LogP contribution in [0.1, 0.15) is 17.3 Å². The van der Waals surface area contributed by atoms with Crippen LogP contribution in [0.25, 0.3) is 0 Å². The molecule has 1 aliphatic heterocycles. The highest BCUT2D eigenvalue weighted by Crippen LogP contribution is 2.35. The average molecular weight is 430 g/mol. The van der Waals surface area contributed by atoms with Crippen LogP contribution in [0.4, 0.5) is 11.4 Å². The van der Waals surface area contributed by atoms with Crippen LogP contribution < -0.4 is 19.7 Å². The van der Waals surface area contributed by atoms with Crippen molar-refractivity contribution in [3.8, 4) is 11.5 Å². The van der Waals surface area contributed by atoms with Crippen molar-refractivity contribution in [3.63, 3.8) is 0 Å². The van der Waals surface area contributed by atoms with Gasteiger partial charge in [0.05, 0.1) is 31.2 Å². The molecule has 0 aromatic heterocycles. The van der Waals surface area contributed by atoms with E-state index in [-0.39, 0.29) is 23.1 Å². The maximum absolute atomic E-state index is 12.7. The number of amides is 2. The molecule has 2 aromatic carbocycles. The molecular weight excluding hydrogens is 408 g/mol. The number of hydrogen-bond acceptors (Lipinski definition) is 7. The molecule has 0 saturated carbocycles. The van der Waals surface area contributed by atoms with Gasteiger partial charge < -0.3 is 24.4 Å². The Hall–Kier alpha value is -3.20. The number of nitrogens with zero attached hydrogens (tertiary/aromatic N) is 1. The summed E-state index contributed by atoms with van der Waals surface area (Å²) in [5, 5.41) is 2.57. The number of ether oxygens (including phenoxy) is 3. The number of nitrogens with one attached hydrogen (secondary N) is 1. The second-order valence-electron chi connectivity index (χ2n) is 6.37. The molecule has 1 aliphatic rings. The van der Waals surface area contributed by atoms with E-state index in [1.54, 1.807) is 16.7 Å². The molecule has 30 heavy (non-hydrogen) atoms. The molecule has 0 fully saturated rings. The van der Waals surface area contributed by atoms with Gasteiger partial charge in [0.1, 0.15) is 0 Å². The number of fused-ring (bicyclic) bond motifs is 1. The Bertz CT molecular complexity index is 978. The Labute approximate surface area is 178 Å². The van der Waals surface area contributed by atoms with Gasteiger partial charge in [-0.15, -0.1) is 11.8 Å². The van der Waals surface area contributed by atoms with Gasteiger partial charge in [0.2, 0.25) is 5.91 Å². The lowest BCUT2D eigenvalue weighted by Gasteiger charge is -2.28. The van der Waals surface area contributed by atoms with Crippen LogP contribution in [-0.2, 0) is 14.3 Å². The van der Waals surface area contributed by atoms with Gasteiger partial charge in [-0.2, -0.15) is 0 Å². The number of thioether (sulfide) groups is 1.